The molecular weight excluding hydrogens is 544 g/mol. The van der Waals surface area contributed by atoms with E-state index in [0.717, 1.165) is 0 Å². The molecule has 0 fully saturated rings. The van der Waals surface area contributed by atoms with Crippen LogP contribution >= 0.6 is 65.8 Å². The summed E-state index contributed by atoms with van der Waals surface area (Å²) in [6, 6.07) is 10.2. The number of carboxylic acid groups (broad SMARTS) is 1. The van der Waals surface area contributed by atoms with E-state index < -0.39 is 17.6 Å². The molecule has 0 saturated heterocycles. The number of rotatable bonds is 9. The summed E-state index contributed by atoms with van der Waals surface area (Å²) < 4.78 is 26.0. The second kappa shape index (κ2) is 11.5. The highest BCUT2D eigenvalue weighted by atomic mass is 35.6. The second-order valence-electron chi connectivity index (χ2n) is 6.05. The van der Waals surface area contributed by atoms with Gasteiger partial charge in [0.05, 0.1) is 28.8 Å². The topological polar surface area (TPSA) is 82.1 Å². The summed E-state index contributed by atoms with van der Waals surface area (Å²) in [4.78, 5) is 12.2. The summed E-state index contributed by atoms with van der Waals surface area (Å²) in [5.74, 6) is -1.24. The summed E-state index contributed by atoms with van der Waals surface area (Å²) in [6.07, 6.45) is 0. The molecule has 0 aromatic heterocycles. The number of carbonyl (C=O) groups is 1. The van der Waals surface area contributed by atoms with Crippen molar-refractivity contribution < 1.29 is 28.0 Å². The van der Waals surface area contributed by atoms with Gasteiger partial charge < -0.3 is 9.63 Å². The van der Waals surface area contributed by atoms with Crippen molar-refractivity contribution in [3.8, 4) is 5.75 Å². The SMILES string of the molecule is CCOP(=O)(OCC)Oc1ccc(C(=C(C(=O)O)c2cccc(Cl)c2Cl)C(Cl)(Cl)Cl)cc1. The van der Waals surface area contributed by atoms with Crippen LogP contribution in [-0.2, 0) is 18.4 Å². The summed E-state index contributed by atoms with van der Waals surface area (Å²) in [5, 5.41) is 10.1. The maximum Gasteiger partial charge on any atom is 0.530 e. The molecule has 12 heteroatoms. The zero-order valence-electron chi connectivity index (χ0n) is 16.8. The van der Waals surface area contributed by atoms with Crippen LogP contribution in [0.2, 0.25) is 10.0 Å². The zero-order valence-corrected chi connectivity index (χ0v) is 21.5. The van der Waals surface area contributed by atoms with Gasteiger partial charge in [-0.1, -0.05) is 82.3 Å². The van der Waals surface area contributed by atoms with Gasteiger partial charge in [0, 0.05) is 11.1 Å². The first-order valence-corrected chi connectivity index (χ1v) is 12.5. The molecule has 0 aliphatic carbocycles. The van der Waals surface area contributed by atoms with Gasteiger partial charge in [-0.25, -0.2) is 9.36 Å². The number of alkyl halides is 3. The lowest BCUT2D eigenvalue weighted by atomic mass is 9.95. The first-order valence-electron chi connectivity index (χ1n) is 9.11. The van der Waals surface area contributed by atoms with Gasteiger partial charge in [-0.15, -0.1) is 0 Å². The Bertz CT molecular complexity index is 1040. The highest BCUT2D eigenvalue weighted by molar-refractivity contribution is 7.48. The van der Waals surface area contributed by atoms with E-state index in [9.17, 15) is 14.5 Å². The van der Waals surface area contributed by atoms with Crippen LogP contribution in [0.5, 0.6) is 5.75 Å². The maximum absolute atomic E-state index is 12.6. The normalized spacial score (nSPS) is 13.0. The number of phosphoric ester groups is 1. The molecule has 0 atom stereocenters. The van der Waals surface area contributed by atoms with E-state index in [1.165, 1.54) is 42.5 Å². The molecule has 174 valence electrons. The highest BCUT2D eigenvalue weighted by Gasteiger charge is 2.35. The Balaban J connectivity index is 2.62. The lowest BCUT2D eigenvalue weighted by Crippen LogP contribution is -2.14. The third kappa shape index (κ3) is 6.78. The van der Waals surface area contributed by atoms with Gasteiger partial charge in [-0.05, 0) is 37.6 Å². The molecule has 2 rings (SSSR count). The summed E-state index contributed by atoms with van der Waals surface area (Å²) >= 11 is 30.8. The highest BCUT2D eigenvalue weighted by Crippen LogP contribution is 2.50. The molecular formula is C20H18Cl5O6P. The van der Waals surface area contributed by atoms with Crippen LogP contribution in [0.25, 0.3) is 11.1 Å². The van der Waals surface area contributed by atoms with Crippen LogP contribution in [0, 0.1) is 0 Å². The van der Waals surface area contributed by atoms with Gasteiger partial charge in [-0.3, -0.25) is 9.05 Å². The summed E-state index contributed by atoms with van der Waals surface area (Å²) in [5.41, 5.74) is -0.178. The molecule has 0 bridgehead atoms. The van der Waals surface area contributed by atoms with Crippen LogP contribution in [0.15, 0.2) is 42.5 Å². The third-order valence-corrected chi connectivity index (χ3v) is 6.87. The zero-order chi connectivity index (χ0) is 24.1. The summed E-state index contributed by atoms with van der Waals surface area (Å²) in [6.45, 7) is 3.50. The molecule has 0 spiro atoms. The molecule has 32 heavy (non-hydrogen) atoms. The fourth-order valence-corrected chi connectivity index (χ4v) is 4.92. The van der Waals surface area contributed by atoms with Crippen LogP contribution in [-0.4, -0.2) is 28.1 Å². The lowest BCUT2D eigenvalue weighted by Gasteiger charge is -2.22. The van der Waals surface area contributed by atoms with E-state index in [1.54, 1.807) is 13.8 Å². The standard InChI is InChI=1S/C20H18Cl5O6P/c1-3-29-32(28,30-4-2)31-13-10-8-12(9-11-13)17(20(23,24)25)16(19(26)27)14-6-5-7-15(21)18(14)22/h5-11H,3-4H2,1-2H3,(H,26,27). The Morgan fingerprint density at radius 3 is 2.03 bits per heavy atom. The second-order valence-corrected chi connectivity index (χ2v) is 10.7. The molecule has 2 aromatic carbocycles. The van der Waals surface area contributed by atoms with Gasteiger partial charge in [0.25, 0.3) is 0 Å². The number of halogens is 5. The van der Waals surface area contributed by atoms with Crippen LogP contribution in [0.3, 0.4) is 0 Å². The third-order valence-electron chi connectivity index (χ3n) is 3.90. The van der Waals surface area contributed by atoms with Gasteiger partial charge in [-0.2, -0.15) is 0 Å². The Hall–Kier alpha value is -0.950. The minimum absolute atomic E-state index is 0.00682. The predicted octanol–water partition coefficient (Wildman–Crippen LogP) is 7.92. The number of benzene rings is 2. The quantitative estimate of drug-likeness (QED) is 0.145. The van der Waals surface area contributed by atoms with E-state index in [-0.39, 0.29) is 51.3 Å². The van der Waals surface area contributed by atoms with E-state index in [1.807, 2.05) is 0 Å². The molecule has 0 aliphatic rings. The first-order chi connectivity index (χ1) is 14.9. The van der Waals surface area contributed by atoms with Gasteiger partial charge in [0.1, 0.15) is 5.75 Å². The molecule has 1 N–H and O–H groups in total. The van der Waals surface area contributed by atoms with Crippen molar-refractivity contribution >= 4 is 82.9 Å². The largest absolute Gasteiger partial charge is 0.530 e. The van der Waals surface area contributed by atoms with Gasteiger partial charge in [0.2, 0.25) is 3.79 Å². The van der Waals surface area contributed by atoms with Crippen molar-refractivity contribution in [3.63, 3.8) is 0 Å². The van der Waals surface area contributed by atoms with Crippen molar-refractivity contribution in [2.75, 3.05) is 13.2 Å². The monoisotopic (exact) mass is 560 g/mol. The lowest BCUT2D eigenvalue weighted by molar-refractivity contribution is -0.130. The Labute approximate surface area is 210 Å². The Kier molecular flexibility index (Phi) is 9.77. The molecule has 0 saturated carbocycles. The number of carboxylic acids is 1. The van der Waals surface area contributed by atoms with Crippen LogP contribution in [0.1, 0.15) is 25.0 Å². The Morgan fingerprint density at radius 1 is 1.00 bits per heavy atom. The van der Waals surface area contributed by atoms with E-state index in [0.29, 0.717) is 0 Å². The van der Waals surface area contributed by atoms with Gasteiger partial charge >= 0.3 is 13.8 Å². The predicted molar refractivity (Wildman–Crippen MR) is 129 cm³/mol. The van der Waals surface area contributed by atoms with E-state index in [4.69, 9.17) is 71.6 Å². The maximum atomic E-state index is 12.6. The Morgan fingerprint density at radius 2 is 1.56 bits per heavy atom. The van der Waals surface area contributed by atoms with E-state index in [2.05, 4.69) is 0 Å². The average molecular weight is 563 g/mol. The first kappa shape index (κ1) is 27.3. The smallest absolute Gasteiger partial charge is 0.478 e. The van der Waals surface area contributed by atoms with Crippen molar-refractivity contribution in [1.82, 2.24) is 0 Å². The number of hydrogen-bond donors (Lipinski definition) is 1. The number of allylic oxidation sites excluding steroid dienone is 1. The fourth-order valence-electron chi connectivity index (χ4n) is 2.72. The molecule has 2 aromatic rings. The molecule has 6 nitrogen and oxygen atoms in total. The van der Waals surface area contributed by atoms with Crippen molar-refractivity contribution in [1.29, 1.82) is 0 Å². The van der Waals surface area contributed by atoms with Crippen LogP contribution in [0.4, 0.5) is 0 Å². The fraction of sp³-hybridized carbons (Fsp3) is 0.250. The minimum Gasteiger partial charge on any atom is -0.478 e. The minimum atomic E-state index is -3.82. The molecule has 0 amide bonds. The van der Waals surface area contributed by atoms with Crippen molar-refractivity contribution in [2.45, 2.75) is 17.6 Å². The van der Waals surface area contributed by atoms with E-state index >= 15 is 0 Å². The van der Waals surface area contributed by atoms with Crippen LogP contribution < -0.4 is 4.52 Å². The number of phosphoric acid groups is 1. The molecule has 0 aliphatic heterocycles. The van der Waals surface area contributed by atoms with Crippen molar-refractivity contribution in [2.24, 2.45) is 0 Å². The number of aliphatic carboxylic acids is 1. The average Bonchev–Trinajstić information content (AvgIpc) is 2.68. The van der Waals surface area contributed by atoms with Crippen molar-refractivity contribution in [3.05, 3.63) is 63.6 Å². The van der Waals surface area contributed by atoms with Gasteiger partial charge in [0.15, 0.2) is 0 Å². The molecule has 0 radical (unpaired) electrons. The number of hydrogen-bond acceptors (Lipinski definition) is 5. The molecule has 0 heterocycles. The summed E-state index contributed by atoms with van der Waals surface area (Å²) in [7, 11) is -3.82. The molecule has 0 unspecified atom stereocenters.